The highest BCUT2D eigenvalue weighted by Crippen LogP contribution is 2.26. The van der Waals surface area contributed by atoms with Gasteiger partial charge in [-0.15, -0.1) is 0 Å². The summed E-state index contributed by atoms with van der Waals surface area (Å²) in [5, 5.41) is 0. The van der Waals surface area contributed by atoms with E-state index in [0.717, 1.165) is 5.56 Å². The third-order valence-corrected chi connectivity index (χ3v) is 2.98. The molecule has 0 saturated heterocycles. The minimum atomic E-state index is -0.631. The lowest BCUT2D eigenvalue weighted by molar-refractivity contribution is 0.589. The predicted molar refractivity (Wildman–Crippen MR) is 69.7 cm³/mol. The number of aromatic nitrogens is 2. The van der Waals surface area contributed by atoms with Gasteiger partial charge < -0.3 is 10.1 Å². The Balaban J connectivity index is 2.30. The highest BCUT2D eigenvalue weighted by molar-refractivity contribution is 5.66. The fourth-order valence-electron chi connectivity index (χ4n) is 2.16. The lowest BCUT2D eigenvalue weighted by Gasteiger charge is -1.99. The highest BCUT2D eigenvalue weighted by atomic mass is 19.1. The van der Waals surface area contributed by atoms with E-state index in [1.165, 1.54) is 18.2 Å². The Bertz CT molecular complexity index is 757. The smallest absolute Gasteiger partial charge is 0.140 e. The summed E-state index contributed by atoms with van der Waals surface area (Å²) < 4.78 is 29.1. The molecule has 0 unspecified atom stereocenters. The molecule has 0 aliphatic heterocycles. The summed E-state index contributed by atoms with van der Waals surface area (Å²) >= 11 is 0. The maximum Gasteiger partial charge on any atom is 0.140 e. The molecule has 0 saturated carbocycles. The third kappa shape index (κ3) is 1.83. The lowest BCUT2D eigenvalue weighted by atomic mass is 10.1. The molecule has 0 fully saturated rings. The molecule has 96 valence electrons. The minimum Gasteiger partial charge on any atom is -0.398 e. The monoisotopic (exact) mass is 259 g/mol. The summed E-state index contributed by atoms with van der Waals surface area (Å²) in [7, 11) is 0. The van der Waals surface area contributed by atoms with Crippen LogP contribution >= 0.6 is 0 Å². The Morgan fingerprint density at radius 2 is 1.84 bits per heavy atom. The number of rotatable bonds is 1. The largest absolute Gasteiger partial charge is 0.398 e. The van der Waals surface area contributed by atoms with Crippen molar-refractivity contribution in [2.45, 2.75) is 6.92 Å². The van der Waals surface area contributed by atoms with Gasteiger partial charge in [0.1, 0.15) is 17.3 Å². The molecule has 0 spiro atoms. The Morgan fingerprint density at radius 1 is 1.16 bits per heavy atom. The Labute approximate surface area is 108 Å². The number of benzene rings is 1. The number of hydrogen-bond donors (Lipinski definition) is 1. The van der Waals surface area contributed by atoms with E-state index >= 15 is 0 Å². The number of fused-ring (bicyclic) bond motifs is 1. The summed E-state index contributed by atoms with van der Waals surface area (Å²) in [5.74, 6) is -1.26. The summed E-state index contributed by atoms with van der Waals surface area (Å²) in [4.78, 5) is 4.27. The van der Waals surface area contributed by atoms with E-state index < -0.39 is 11.6 Å². The van der Waals surface area contributed by atoms with E-state index in [-0.39, 0.29) is 11.3 Å². The number of halogens is 2. The van der Waals surface area contributed by atoms with Gasteiger partial charge in [0, 0.05) is 18.1 Å². The van der Waals surface area contributed by atoms with Crippen molar-refractivity contribution in [3.05, 3.63) is 53.9 Å². The molecule has 2 N–H and O–H groups in total. The predicted octanol–water partition coefficient (Wildman–Crippen LogP) is 3.17. The van der Waals surface area contributed by atoms with E-state index in [1.54, 1.807) is 22.9 Å². The van der Waals surface area contributed by atoms with E-state index in [2.05, 4.69) is 4.98 Å². The van der Waals surface area contributed by atoms with Crippen LogP contribution in [0.15, 0.2) is 36.7 Å². The van der Waals surface area contributed by atoms with Gasteiger partial charge in [-0.3, -0.25) is 0 Å². The van der Waals surface area contributed by atoms with Gasteiger partial charge in [-0.1, -0.05) is 6.07 Å². The molecule has 5 heteroatoms. The second-order valence-electron chi connectivity index (χ2n) is 4.41. The maximum atomic E-state index is 13.7. The minimum absolute atomic E-state index is 0.121. The molecular formula is C14H11F2N3. The number of aryl methyl sites for hydroxylation is 1. The van der Waals surface area contributed by atoms with Crippen LogP contribution in [0.4, 0.5) is 14.5 Å². The van der Waals surface area contributed by atoms with Crippen LogP contribution in [0.1, 0.15) is 5.56 Å². The molecule has 0 aliphatic carbocycles. The maximum absolute atomic E-state index is 13.7. The van der Waals surface area contributed by atoms with E-state index in [4.69, 9.17) is 5.73 Å². The standard InChI is InChI=1S/C14H11F2N3/c1-8-5-9(17)6-19-7-12(18-14(8)19)13-10(15)3-2-4-11(13)16/h2-7H,17H2,1H3. The molecular weight excluding hydrogens is 248 g/mol. The first-order chi connectivity index (χ1) is 9.06. The van der Waals surface area contributed by atoms with Gasteiger partial charge in [0.2, 0.25) is 0 Å². The highest BCUT2D eigenvalue weighted by Gasteiger charge is 2.15. The molecule has 2 heterocycles. The van der Waals surface area contributed by atoms with Crippen LogP contribution in [-0.4, -0.2) is 9.38 Å². The molecule has 19 heavy (non-hydrogen) atoms. The molecule has 0 bridgehead atoms. The molecule has 3 rings (SSSR count). The zero-order valence-electron chi connectivity index (χ0n) is 10.2. The van der Waals surface area contributed by atoms with Gasteiger partial charge in [0.05, 0.1) is 11.3 Å². The van der Waals surface area contributed by atoms with Gasteiger partial charge in [0.25, 0.3) is 0 Å². The number of anilines is 1. The number of nitrogen functional groups attached to an aromatic ring is 1. The first kappa shape index (κ1) is 11.6. The van der Waals surface area contributed by atoms with Crippen molar-refractivity contribution in [2.24, 2.45) is 0 Å². The zero-order chi connectivity index (χ0) is 13.6. The first-order valence-corrected chi connectivity index (χ1v) is 5.75. The summed E-state index contributed by atoms with van der Waals surface area (Å²) in [5.41, 5.74) is 7.92. The van der Waals surface area contributed by atoms with Crippen molar-refractivity contribution in [3.8, 4) is 11.3 Å². The quantitative estimate of drug-likeness (QED) is 0.729. The molecule has 0 aliphatic rings. The van der Waals surface area contributed by atoms with Crippen molar-refractivity contribution >= 4 is 11.3 Å². The van der Waals surface area contributed by atoms with Crippen LogP contribution in [0.3, 0.4) is 0 Å². The molecule has 0 radical (unpaired) electrons. The first-order valence-electron chi connectivity index (χ1n) is 5.75. The third-order valence-electron chi connectivity index (χ3n) is 2.98. The zero-order valence-corrected chi connectivity index (χ0v) is 10.2. The van der Waals surface area contributed by atoms with Crippen molar-refractivity contribution in [1.29, 1.82) is 0 Å². The average molecular weight is 259 g/mol. The van der Waals surface area contributed by atoms with Crippen molar-refractivity contribution in [1.82, 2.24) is 9.38 Å². The van der Waals surface area contributed by atoms with E-state index in [9.17, 15) is 8.78 Å². The number of hydrogen-bond acceptors (Lipinski definition) is 2. The Kier molecular flexibility index (Phi) is 2.48. The molecule has 1 aromatic carbocycles. The lowest BCUT2D eigenvalue weighted by Crippen LogP contribution is -1.92. The number of pyridine rings is 1. The van der Waals surface area contributed by atoms with Gasteiger partial charge >= 0.3 is 0 Å². The van der Waals surface area contributed by atoms with Crippen LogP contribution in [0.5, 0.6) is 0 Å². The van der Waals surface area contributed by atoms with E-state index in [1.807, 2.05) is 6.92 Å². The van der Waals surface area contributed by atoms with Crippen molar-refractivity contribution < 1.29 is 8.78 Å². The summed E-state index contributed by atoms with van der Waals surface area (Å²) in [6, 6.07) is 5.52. The van der Waals surface area contributed by atoms with Gasteiger partial charge in [-0.05, 0) is 30.7 Å². The van der Waals surface area contributed by atoms with E-state index in [0.29, 0.717) is 11.3 Å². The Hall–Kier alpha value is -2.43. The van der Waals surface area contributed by atoms with Gasteiger partial charge in [-0.25, -0.2) is 13.8 Å². The van der Waals surface area contributed by atoms with Gasteiger partial charge in [-0.2, -0.15) is 0 Å². The van der Waals surface area contributed by atoms with Crippen LogP contribution in [0.2, 0.25) is 0 Å². The summed E-state index contributed by atoms with van der Waals surface area (Å²) in [6.07, 6.45) is 3.23. The normalized spacial score (nSPS) is 11.1. The van der Waals surface area contributed by atoms with Crippen LogP contribution in [-0.2, 0) is 0 Å². The SMILES string of the molecule is Cc1cc(N)cn2cc(-c3c(F)cccc3F)nc12. The number of nitrogens with zero attached hydrogens (tertiary/aromatic N) is 2. The van der Waals surface area contributed by atoms with Gasteiger partial charge in [0.15, 0.2) is 0 Å². The van der Waals surface area contributed by atoms with Crippen LogP contribution in [0.25, 0.3) is 16.9 Å². The molecule has 2 aromatic heterocycles. The van der Waals surface area contributed by atoms with Crippen LogP contribution < -0.4 is 5.73 Å². The molecule has 3 nitrogen and oxygen atoms in total. The second-order valence-corrected chi connectivity index (χ2v) is 4.41. The molecule has 0 atom stereocenters. The van der Waals surface area contributed by atoms with Crippen molar-refractivity contribution in [3.63, 3.8) is 0 Å². The molecule has 0 amide bonds. The second kappa shape index (κ2) is 4.05. The summed E-state index contributed by atoms with van der Waals surface area (Å²) in [6.45, 7) is 1.85. The van der Waals surface area contributed by atoms with Crippen LogP contribution in [0, 0.1) is 18.6 Å². The molecule has 3 aromatic rings. The topological polar surface area (TPSA) is 43.3 Å². The average Bonchev–Trinajstić information content (AvgIpc) is 2.72. The van der Waals surface area contributed by atoms with Crippen molar-refractivity contribution in [2.75, 3.05) is 5.73 Å². The fraction of sp³-hybridized carbons (Fsp3) is 0.0714. The number of imidazole rings is 1. The Morgan fingerprint density at radius 3 is 2.53 bits per heavy atom. The number of nitrogens with two attached hydrogens (primary N) is 1. The fourth-order valence-corrected chi connectivity index (χ4v) is 2.16.